The number of nitrogen functional groups attached to an aromatic ring is 1. The van der Waals surface area contributed by atoms with Crippen molar-refractivity contribution in [2.75, 3.05) is 19.8 Å². The summed E-state index contributed by atoms with van der Waals surface area (Å²) in [6.07, 6.45) is 2.95. The zero-order valence-electron chi connectivity index (χ0n) is 21.6. The number of hydrogen-bond acceptors (Lipinski definition) is 8. The van der Waals surface area contributed by atoms with E-state index in [1.807, 2.05) is 0 Å². The van der Waals surface area contributed by atoms with Crippen LogP contribution in [0.2, 0.25) is 0 Å². The first kappa shape index (κ1) is 29.5. The Labute approximate surface area is 221 Å². The van der Waals surface area contributed by atoms with Gasteiger partial charge in [0.25, 0.3) is 5.91 Å². The van der Waals surface area contributed by atoms with E-state index in [9.17, 15) is 19.2 Å². The Hall–Kier alpha value is -4.73. The normalized spacial score (nSPS) is 10.9. The van der Waals surface area contributed by atoms with E-state index in [2.05, 4.69) is 6.58 Å². The summed E-state index contributed by atoms with van der Waals surface area (Å²) in [7, 11) is 0. The highest BCUT2D eigenvalue weighted by molar-refractivity contribution is 6.06. The number of nitrogens with two attached hydrogens (primary N) is 1. The molecule has 0 bridgehead atoms. The topological polar surface area (TPSA) is 149 Å². The highest BCUT2D eigenvalue weighted by atomic mass is 16.6. The predicted molar refractivity (Wildman–Crippen MR) is 141 cm³/mol. The number of carbonyl (C=O) groups excluding carboxylic acids is 4. The quantitative estimate of drug-likeness (QED) is 0.0823. The van der Waals surface area contributed by atoms with Crippen molar-refractivity contribution in [2.24, 2.45) is 5.73 Å². The molecule has 0 saturated carbocycles. The van der Waals surface area contributed by atoms with Gasteiger partial charge >= 0.3 is 17.9 Å². The second-order valence-electron chi connectivity index (χ2n) is 7.93. The van der Waals surface area contributed by atoms with Gasteiger partial charge in [-0.05, 0) is 68.8 Å². The molecule has 2 aromatic carbocycles. The second kappa shape index (κ2) is 14.1. The first-order valence-electron chi connectivity index (χ1n) is 11.8. The Bertz CT molecular complexity index is 1200. The molecule has 10 heteroatoms. The van der Waals surface area contributed by atoms with Gasteiger partial charge in [-0.3, -0.25) is 10.2 Å². The van der Waals surface area contributed by atoms with Crippen LogP contribution in [-0.2, 0) is 23.9 Å². The lowest BCUT2D eigenvalue weighted by Crippen LogP contribution is -2.51. The van der Waals surface area contributed by atoms with Crippen LogP contribution in [0, 0.1) is 5.41 Å². The molecule has 200 valence electrons. The standard InChI is InChI=1S/C28H31N3O7/c1-5-16-31(23(27(34)36-6-2)28(35)37-7-3)25(32)18(4)17-19-8-10-21(11-9-19)26(33)38-22-14-12-20(13-15-22)24(29)30/h5,8-15,17,23H,1,6-7,16H2,2-4H3,(H3,29,30)/b18-17+. The maximum Gasteiger partial charge on any atom is 0.343 e. The van der Waals surface area contributed by atoms with E-state index in [0.717, 1.165) is 4.90 Å². The van der Waals surface area contributed by atoms with Crippen LogP contribution in [0.25, 0.3) is 6.08 Å². The van der Waals surface area contributed by atoms with Crippen LogP contribution in [0.3, 0.4) is 0 Å². The van der Waals surface area contributed by atoms with E-state index < -0.39 is 29.9 Å². The predicted octanol–water partition coefficient (Wildman–Crippen LogP) is 3.10. The number of hydrogen-bond donors (Lipinski definition) is 2. The summed E-state index contributed by atoms with van der Waals surface area (Å²) < 4.78 is 15.3. The van der Waals surface area contributed by atoms with Crippen LogP contribution in [0.1, 0.15) is 42.3 Å². The highest BCUT2D eigenvalue weighted by Crippen LogP contribution is 2.17. The molecule has 0 aliphatic rings. The number of nitrogens with one attached hydrogen (secondary N) is 1. The van der Waals surface area contributed by atoms with Crippen molar-refractivity contribution in [2.45, 2.75) is 26.8 Å². The van der Waals surface area contributed by atoms with E-state index in [0.29, 0.717) is 16.9 Å². The molecule has 10 nitrogen and oxygen atoms in total. The lowest BCUT2D eigenvalue weighted by atomic mass is 10.1. The van der Waals surface area contributed by atoms with Crippen LogP contribution in [0.15, 0.2) is 66.8 Å². The molecule has 3 N–H and O–H groups in total. The van der Waals surface area contributed by atoms with Crippen molar-refractivity contribution >= 4 is 35.7 Å². The summed E-state index contributed by atoms with van der Waals surface area (Å²) in [6, 6.07) is 11.0. The van der Waals surface area contributed by atoms with Gasteiger partial charge in [0.05, 0.1) is 18.8 Å². The minimum Gasteiger partial charge on any atom is -0.464 e. The summed E-state index contributed by atoms with van der Waals surface area (Å²) in [4.78, 5) is 51.8. The lowest BCUT2D eigenvalue weighted by Gasteiger charge is -2.28. The number of rotatable bonds is 12. The van der Waals surface area contributed by atoms with Crippen LogP contribution in [0.4, 0.5) is 0 Å². The number of nitrogens with zero attached hydrogens (tertiary/aromatic N) is 1. The first-order chi connectivity index (χ1) is 18.1. The maximum atomic E-state index is 13.2. The van der Waals surface area contributed by atoms with E-state index in [1.54, 1.807) is 51.1 Å². The average molecular weight is 522 g/mol. The van der Waals surface area contributed by atoms with Crippen LogP contribution in [-0.4, -0.2) is 60.4 Å². The highest BCUT2D eigenvalue weighted by Gasteiger charge is 2.38. The maximum absolute atomic E-state index is 13.2. The largest absolute Gasteiger partial charge is 0.464 e. The summed E-state index contributed by atoms with van der Waals surface area (Å²) in [5.41, 5.74) is 7.03. The number of benzene rings is 2. The van der Waals surface area contributed by atoms with Crippen molar-refractivity contribution in [3.63, 3.8) is 0 Å². The molecule has 0 heterocycles. The molecule has 0 aromatic heterocycles. The molecule has 1 amide bonds. The van der Waals surface area contributed by atoms with E-state index in [-0.39, 0.29) is 36.7 Å². The van der Waals surface area contributed by atoms with Crippen molar-refractivity contribution in [1.29, 1.82) is 5.41 Å². The van der Waals surface area contributed by atoms with Gasteiger partial charge in [-0.2, -0.15) is 0 Å². The number of esters is 3. The Morgan fingerprint density at radius 3 is 1.95 bits per heavy atom. The number of carbonyl (C=O) groups is 4. The van der Waals surface area contributed by atoms with Crippen LogP contribution >= 0.6 is 0 Å². The third-order valence-corrected chi connectivity index (χ3v) is 5.16. The van der Waals surface area contributed by atoms with Crippen molar-refractivity contribution in [1.82, 2.24) is 4.90 Å². The smallest absolute Gasteiger partial charge is 0.343 e. The molecule has 2 rings (SSSR count). The van der Waals surface area contributed by atoms with Gasteiger partial charge in [0.15, 0.2) is 0 Å². The van der Waals surface area contributed by atoms with Crippen molar-refractivity contribution < 1.29 is 33.4 Å². The Balaban J connectivity index is 2.21. The molecule has 38 heavy (non-hydrogen) atoms. The second-order valence-corrected chi connectivity index (χ2v) is 7.93. The fraction of sp³-hybridized carbons (Fsp3) is 0.250. The van der Waals surface area contributed by atoms with Gasteiger partial charge in [0.1, 0.15) is 11.6 Å². The molecule has 0 saturated heterocycles. The van der Waals surface area contributed by atoms with Gasteiger partial charge in [-0.15, -0.1) is 6.58 Å². The average Bonchev–Trinajstić information content (AvgIpc) is 2.89. The third kappa shape index (κ3) is 7.89. The molecule has 0 radical (unpaired) electrons. The van der Waals surface area contributed by atoms with Gasteiger partial charge in [-0.1, -0.05) is 18.2 Å². The summed E-state index contributed by atoms with van der Waals surface area (Å²) in [5, 5.41) is 7.41. The SMILES string of the molecule is C=CCN(C(=O)/C(C)=C/c1ccc(C(=O)Oc2ccc(C(=N)N)cc2)cc1)C(C(=O)OCC)C(=O)OCC. The van der Waals surface area contributed by atoms with Gasteiger partial charge in [0.2, 0.25) is 6.04 Å². The minimum atomic E-state index is -1.58. The van der Waals surface area contributed by atoms with E-state index in [4.69, 9.17) is 25.4 Å². The minimum absolute atomic E-state index is 0.0260. The summed E-state index contributed by atoms with van der Waals surface area (Å²) in [5.74, 6) is -2.77. The monoisotopic (exact) mass is 521 g/mol. The lowest BCUT2D eigenvalue weighted by molar-refractivity contribution is -0.166. The van der Waals surface area contributed by atoms with Crippen LogP contribution in [0.5, 0.6) is 5.75 Å². The zero-order chi connectivity index (χ0) is 28.2. The molecular formula is C28H31N3O7. The van der Waals surface area contributed by atoms with Gasteiger partial charge in [-0.25, -0.2) is 14.4 Å². The number of ether oxygens (including phenoxy) is 3. The fourth-order valence-corrected chi connectivity index (χ4v) is 3.36. The molecular weight excluding hydrogens is 490 g/mol. The Morgan fingerprint density at radius 1 is 0.947 bits per heavy atom. The van der Waals surface area contributed by atoms with Gasteiger partial charge in [0, 0.05) is 17.7 Å². The molecule has 0 aliphatic heterocycles. The molecule has 0 aliphatic carbocycles. The molecule has 0 spiro atoms. The summed E-state index contributed by atoms with van der Waals surface area (Å²) in [6.45, 7) is 8.29. The third-order valence-electron chi connectivity index (χ3n) is 5.16. The Kier molecular flexibility index (Phi) is 11.0. The van der Waals surface area contributed by atoms with Crippen LogP contribution < -0.4 is 10.5 Å². The summed E-state index contributed by atoms with van der Waals surface area (Å²) >= 11 is 0. The molecule has 0 fully saturated rings. The zero-order valence-corrected chi connectivity index (χ0v) is 21.6. The van der Waals surface area contributed by atoms with E-state index in [1.165, 1.54) is 30.3 Å². The van der Waals surface area contributed by atoms with E-state index >= 15 is 0 Å². The molecule has 0 atom stereocenters. The first-order valence-corrected chi connectivity index (χ1v) is 11.8. The van der Waals surface area contributed by atoms with Crippen molar-refractivity contribution in [3.8, 4) is 5.75 Å². The molecule has 2 aromatic rings. The Morgan fingerprint density at radius 2 is 1.47 bits per heavy atom. The number of amidine groups is 1. The van der Waals surface area contributed by atoms with Gasteiger partial charge < -0.3 is 24.8 Å². The molecule has 0 unspecified atom stereocenters. The fourth-order valence-electron chi connectivity index (χ4n) is 3.36. The van der Waals surface area contributed by atoms with Crippen molar-refractivity contribution in [3.05, 3.63) is 83.4 Å². The number of amides is 1.